The molecular weight excluding hydrogens is 374 g/mol. The molecule has 0 aliphatic heterocycles. The Kier molecular flexibility index (Phi) is 6.14. The van der Waals surface area contributed by atoms with Gasteiger partial charge in [-0.05, 0) is 55.5 Å². The molecule has 0 radical (unpaired) electrons. The molecule has 5 nitrogen and oxygen atoms in total. The molecule has 3 aromatic rings. The summed E-state index contributed by atoms with van der Waals surface area (Å²) in [5.41, 5.74) is 3.46. The first-order valence-corrected chi connectivity index (χ1v) is 10.2. The SMILES string of the molecule is CCCC(CCC)c1cc(C)n2nc(-c3ccc(Cl)cc3OC)n(C)c(=O)c12. The van der Waals surface area contributed by atoms with Crippen molar-refractivity contribution in [2.24, 2.45) is 7.05 Å². The van der Waals surface area contributed by atoms with Gasteiger partial charge in [0.25, 0.3) is 5.56 Å². The third-order valence-corrected chi connectivity index (χ3v) is 5.56. The van der Waals surface area contributed by atoms with E-state index in [2.05, 4.69) is 19.9 Å². The largest absolute Gasteiger partial charge is 0.496 e. The smallest absolute Gasteiger partial charge is 0.278 e. The Bertz CT molecular complexity index is 1050. The average molecular weight is 402 g/mol. The van der Waals surface area contributed by atoms with Crippen LogP contribution in [0.3, 0.4) is 0 Å². The zero-order valence-corrected chi connectivity index (χ0v) is 18.0. The summed E-state index contributed by atoms with van der Waals surface area (Å²) < 4.78 is 8.88. The Morgan fingerprint density at radius 3 is 2.46 bits per heavy atom. The van der Waals surface area contributed by atoms with E-state index in [4.69, 9.17) is 21.4 Å². The van der Waals surface area contributed by atoms with Crippen LogP contribution in [0.1, 0.15) is 56.7 Å². The molecule has 6 heteroatoms. The van der Waals surface area contributed by atoms with Crippen molar-refractivity contribution < 1.29 is 4.74 Å². The molecule has 2 aromatic heterocycles. The molecular formula is C22H28ClN3O2. The van der Waals surface area contributed by atoms with Crippen LogP contribution in [0.2, 0.25) is 5.02 Å². The normalized spacial score (nSPS) is 11.5. The number of nitrogens with zero attached hydrogens (tertiary/aromatic N) is 3. The maximum atomic E-state index is 13.4. The fourth-order valence-electron chi connectivity index (χ4n) is 3.96. The third-order valence-electron chi connectivity index (χ3n) is 5.32. The third kappa shape index (κ3) is 3.55. The second-order valence-electron chi connectivity index (χ2n) is 7.31. The Labute approximate surface area is 170 Å². The molecule has 0 atom stereocenters. The van der Waals surface area contributed by atoms with Crippen LogP contribution in [0.15, 0.2) is 29.1 Å². The summed E-state index contributed by atoms with van der Waals surface area (Å²) in [6.07, 6.45) is 4.33. The summed E-state index contributed by atoms with van der Waals surface area (Å²) in [6, 6.07) is 7.48. The van der Waals surface area contributed by atoms with Crippen LogP contribution >= 0.6 is 11.6 Å². The van der Waals surface area contributed by atoms with E-state index in [1.54, 1.807) is 35.4 Å². The van der Waals surface area contributed by atoms with E-state index in [-0.39, 0.29) is 5.56 Å². The van der Waals surface area contributed by atoms with Crippen LogP contribution in [0.25, 0.3) is 16.9 Å². The molecule has 0 amide bonds. The summed E-state index contributed by atoms with van der Waals surface area (Å²) in [5.74, 6) is 1.53. The van der Waals surface area contributed by atoms with Crippen molar-refractivity contribution in [3.05, 3.63) is 50.9 Å². The zero-order chi connectivity index (χ0) is 20.4. The van der Waals surface area contributed by atoms with Gasteiger partial charge < -0.3 is 4.74 Å². The molecule has 0 spiro atoms. The standard InChI is InChI=1S/C22H28ClN3O2/c1-6-8-15(9-7-2)18-12-14(3)26-20(18)22(27)25(4)21(24-26)17-11-10-16(23)13-19(17)28-5/h10-13,15H,6-9H2,1-5H3. The van der Waals surface area contributed by atoms with E-state index in [1.165, 1.54) is 0 Å². The average Bonchev–Trinajstić information content (AvgIpc) is 3.01. The number of halogens is 1. The molecule has 150 valence electrons. The molecule has 28 heavy (non-hydrogen) atoms. The van der Waals surface area contributed by atoms with Gasteiger partial charge in [-0.25, -0.2) is 4.52 Å². The highest BCUT2D eigenvalue weighted by molar-refractivity contribution is 6.30. The Balaban J connectivity index is 2.27. The van der Waals surface area contributed by atoms with Crippen LogP contribution in [0, 0.1) is 6.92 Å². The summed E-state index contributed by atoms with van der Waals surface area (Å²) in [7, 11) is 3.35. The molecule has 0 saturated heterocycles. The van der Waals surface area contributed by atoms with Crippen molar-refractivity contribution in [2.75, 3.05) is 7.11 Å². The van der Waals surface area contributed by atoms with E-state index in [9.17, 15) is 4.79 Å². The Morgan fingerprint density at radius 1 is 1.18 bits per heavy atom. The summed E-state index contributed by atoms with van der Waals surface area (Å²) in [4.78, 5) is 13.4. The zero-order valence-electron chi connectivity index (χ0n) is 17.3. The lowest BCUT2D eigenvalue weighted by molar-refractivity contribution is 0.415. The lowest BCUT2D eigenvalue weighted by atomic mass is 9.91. The highest BCUT2D eigenvalue weighted by Gasteiger charge is 2.22. The molecule has 2 heterocycles. The van der Waals surface area contributed by atoms with Gasteiger partial charge in [0, 0.05) is 17.8 Å². The van der Waals surface area contributed by atoms with Crippen molar-refractivity contribution in [2.45, 2.75) is 52.4 Å². The highest BCUT2D eigenvalue weighted by Crippen LogP contribution is 2.33. The van der Waals surface area contributed by atoms with Crippen LogP contribution < -0.4 is 10.3 Å². The first-order chi connectivity index (χ1) is 13.4. The van der Waals surface area contributed by atoms with E-state index < -0.39 is 0 Å². The predicted molar refractivity (Wildman–Crippen MR) is 115 cm³/mol. The van der Waals surface area contributed by atoms with Crippen molar-refractivity contribution in [1.29, 1.82) is 0 Å². The molecule has 0 unspecified atom stereocenters. The molecule has 0 bridgehead atoms. The van der Waals surface area contributed by atoms with Gasteiger partial charge in [-0.3, -0.25) is 9.36 Å². The number of benzene rings is 1. The quantitative estimate of drug-likeness (QED) is 0.535. The van der Waals surface area contributed by atoms with E-state index in [0.717, 1.165) is 42.5 Å². The van der Waals surface area contributed by atoms with Crippen LogP contribution in [0.4, 0.5) is 0 Å². The summed E-state index contributed by atoms with van der Waals surface area (Å²) in [6.45, 7) is 6.38. The van der Waals surface area contributed by atoms with Gasteiger partial charge in [0.1, 0.15) is 11.3 Å². The first-order valence-electron chi connectivity index (χ1n) is 9.86. The molecule has 0 aliphatic rings. The number of methoxy groups -OCH3 is 1. The first kappa shape index (κ1) is 20.5. The monoisotopic (exact) mass is 401 g/mol. The molecule has 3 rings (SSSR count). The van der Waals surface area contributed by atoms with Gasteiger partial charge in [0.15, 0.2) is 5.82 Å². The minimum absolute atomic E-state index is 0.0395. The molecule has 0 N–H and O–H groups in total. The number of ether oxygens (including phenoxy) is 1. The molecule has 0 fully saturated rings. The number of aromatic nitrogens is 3. The highest BCUT2D eigenvalue weighted by atomic mass is 35.5. The van der Waals surface area contributed by atoms with Gasteiger partial charge >= 0.3 is 0 Å². The second kappa shape index (κ2) is 8.39. The van der Waals surface area contributed by atoms with Gasteiger partial charge in [0.2, 0.25) is 0 Å². The van der Waals surface area contributed by atoms with Crippen LogP contribution in [-0.2, 0) is 7.05 Å². The van der Waals surface area contributed by atoms with Gasteiger partial charge in [-0.2, -0.15) is 0 Å². The minimum Gasteiger partial charge on any atom is -0.496 e. The number of hydrogen-bond donors (Lipinski definition) is 0. The molecule has 0 aliphatic carbocycles. The van der Waals surface area contributed by atoms with Crippen LogP contribution in [-0.4, -0.2) is 21.3 Å². The van der Waals surface area contributed by atoms with E-state index in [1.807, 2.05) is 13.0 Å². The van der Waals surface area contributed by atoms with E-state index >= 15 is 0 Å². The van der Waals surface area contributed by atoms with Gasteiger partial charge in [-0.1, -0.05) is 38.3 Å². The minimum atomic E-state index is -0.0395. The molecule has 0 saturated carbocycles. The van der Waals surface area contributed by atoms with E-state index in [0.29, 0.717) is 28.0 Å². The Morgan fingerprint density at radius 2 is 1.86 bits per heavy atom. The fourth-order valence-corrected chi connectivity index (χ4v) is 4.12. The van der Waals surface area contributed by atoms with Crippen LogP contribution in [0.5, 0.6) is 5.75 Å². The van der Waals surface area contributed by atoms with Gasteiger partial charge in [-0.15, -0.1) is 5.10 Å². The number of fused-ring (bicyclic) bond motifs is 1. The summed E-state index contributed by atoms with van der Waals surface area (Å²) in [5, 5.41) is 5.40. The fraction of sp³-hybridized carbons (Fsp3) is 0.455. The number of hydrogen-bond acceptors (Lipinski definition) is 3. The number of aryl methyl sites for hydroxylation is 1. The van der Waals surface area contributed by atoms with Crippen molar-refractivity contribution in [3.8, 4) is 17.1 Å². The molecule has 1 aromatic carbocycles. The van der Waals surface area contributed by atoms with Crippen molar-refractivity contribution in [1.82, 2.24) is 14.2 Å². The maximum absolute atomic E-state index is 13.4. The Hall–Kier alpha value is -2.27. The van der Waals surface area contributed by atoms with Crippen molar-refractivity contribution in [3.63, 3.8) is 0 Å². The topological polar surface area (TPSA) is 48.5 Å². The lowest BCUT2D eigenvalue weighted by Crippen LogP contribution is -2.24. The maximum Gasteiger partial charge on any atom is 0.278 e. The van der Waals surface area contributed by atoms with Crippen molar-refractivity contribution >= 4 is 17.1 Å². The van der Waals surface area contributed by atoms with Gasteiger partial charge in [0.05, 0.1) is 12.7 Å². The number of rotatable bonds is 7. The predicted octanol–water partition coefficient (Wildman–Crippen LogP) is 5.35. The summed E-state index contributed by atoms with van der Waals surface area (Å²) >= 11 is 6.10. The second-order valence-corrected chi connectivity index (χ2v) is 7.74. The lowest BCUT2D eigenvalue weighted by Gasteiger charge is -2.16.